The Balaban J connectivity index is 2.54. The van der Waals surface area contributed by atoms with Crippen LogP contribution in [0.4, 0.5) is 0 Å². The second-order valence-corrected chi connectivity index (χ2v) is 3.30. The highest BCUT2D eigenvalue weighted by Crippen LogP contribution is 2.09. The first-order chi connectivity index (χ1) is 6.09. The maximum atomic E-state index is 11.2. The summed E-state index contributed by atoms with van der Waals surface area (Å²) < 4.78 is 0.775. The van der Waals surface area contributed by atoms with Crippen LogP contribution in [0.1, 0.15) is 10.5 Å². The van der Waals surface area contributed by atoms with Gasteiger partial charge < -0.3 is 16.0 Å². The van der Waals surface area contributed by atoms with Crippen LogP contribution in [0, 0.1) is 0 Å². The Morgan fingerprint density at radius 3 is 2.77 bits per heavy atom. The maximum Gasteiger partial charge on any atom is 0.268 e. The summed E-state index contributed by atoms with van der Waals surface area (Å²) in [7, 11) is 0. The Hall–Kier alpha value is -1.30. The number of H-pyrrole nitrogens is 1. The Bertz CT molecular complexity index is 334. The van der Waals surface area contributed by atoms with Crippen LogP contribution in [0.2, 0.25) is 0 Å². The van der Waals surface area contributed by atoms with Gasteiger partial charge in [-0.3, -0.25) is 9.59 Å². The molecule has 0 spiro atoms. The third kappa shape index (κ3) is 2.90. The fourth-order valence-electron chi connectivity index (χ4n) is 0.762. The molecule has 0 fully saturated rings. The molecule has 0 aliphatic heterocycles. The van der Waals surface area contributed by atoms with Crippen LogP contribution < -0.4 is 11.1 Å². The van der Waals surface area contributed by atoms with Crippen LogP contribution in [0.3, 0.4) is 0 Å². The first-order valence-corrected chi connectivity index (χ1v) is 4.29. The second-order valence-electron chi connectivity index (χ2n) is 2.38. The van der Waals surface area contributed by atoms with Crippen molar-refractivity contribution in [2.45, 2.75) is 0 Å². The quantitative estimate of drug-likeness (QED) is 0.700. The van der Waals surface area contributed by atoms with Gasteiger partial charge in [0.15, 0.2) is 0 Å². The average Bonchev–Trinajstić information content (AvgIpc) is 2.47. The molecule has 0 aliphatic rings. The summed E-state index contributed by atoms with van der Waals surface area (Å²) in [5, 5.41) is 2.35. The molecule has 0 unspecified atom stereocenters. The fraction of sp³-hybridized carbons (Fsp3) is 0.143. The van der Waals surface area contributed by atoms with Crippen molar-refractivity contribution in [3.8, 4) is 0 Å². The molecule has 0 saturated heterocycles. The Labute approximate surface area is 82.8 Å². The molecule has 70 valence electrons. The number of hydrogen-bond acceptors (Lipinski definition) is 2. The van der Waals surface area contributed by atoms with Crippen molar-refractivity contribution in [2.75, 3.05) is 6.54 Å². The average molecular weight is 246 g/mol. The van der Waals surface area contributed by atoms with Crippen molar-refractivity contribution in [1.82, 2.24) is 10.3 Å². The van der Waals surface area contributed by atoms with Crippen LogP contribution >= 0.6 is 15.9 Å². The summed E-state index contributed by atoms with van der Waals surface area (Å²) in [4.78, 5) is 24.2. The van der Waals surface area contributed by atoms with Crippen molar-refractivity contribution < 1.29 is 9.59 Å². The summed E-state index contributed by atoms with van der Waals surface area (Å²) in [5.41, 5.74) is 5.23. The molecular weight excluding hydrogens is 238 g/mol. The summed E-state index contributed by atoms with van der Waals surface area (Å²) in [6.45, 7) is -0.157. The van der Waals surface area contributed by atoms with Gasteiger partial charge in [0.1, 0.15) is 5.69 Å². The number of carbonyl (C=O) groups is 2. The standard InChI is InChI=1S/C7H8BrN3O2/c8-4-1-5(10-2-4)7(13)11-3-6(9)12/h1-2,10H,3H2,(H2,9,12)(H,11,13). The van der Waals surface area contributed by atoms with Crippen molar-refractivity contribution >= 4 is 27.7 Å². The SMILES string of the molecule is NC(=O)CNC(=O)c1cc(Br)c[nH]1. The third-order valence-electron chi connectivity index (χ3n) is 1.32. The second kappa shape index (κ2) is 4.08. The lowest BCUT2D eigenvalue weighted by Gasteiger charge is -1.98. The van der Waals surface area contributed by atoms with Crippen LogP contribution in [0.15, 0.2) is 16.7 Å². The molecular formula is C7H8BrN3O2. The van der Waals surface area contributed by atoms with E-state index in [2.05, 4.69) is 26.2 Å². The van der Waals surface area contributed by atoms with E-state index in [-0.39, 0.29) is 12.5 Å². The number of primary amides is 1. The van der Waals surface area contributed by atoms with Gasteiger partial charge in [0.2, 0.25) is 5.91 Å². The highest BCUT2D eigenvalue weighted by molar-refractivity contribution is 9.10. The van der Waals surface area contributed by atoms with Gasteiger partial charge in [0, 0.05) is 10.7 Å². The van der Waals surface area contributed by atoms with Gasteiger partial charge in [-0.25, -0.2) is 0 Å². The predicted octanol–water partition coefficient (Wildman–Crippen LogP) is -0.00770. The highest BCUT2D eigenvalue weighted by Gasteiger charge is 2.07. The number of carbonyl (C=O) groups excluding carboxylic acids is 2. The van der Waals surface area contributed by atoms with E-state index >= 15 is 0 Å². The number of nitrogens with one attached hydrogen (secondary N) is 2. The largest absolute Gasteiger partial charge is 0.368 e. The van der Waals surface area contributed by atoms with Crippen LogP contribution in [-0.2, 0) is 4.79 Å². The normalized spacial score (nSPS) is 9.62. The zero-order chi connectivity index (χ0) is 9.84. The number of hydrogen-bond donors (Lipinski definition) is 3. The van der Waals surface area contributed by atoms with Gasteiger partial charge in [-0.05, 0) is 22.0 Å². The molecule has 6 heteroatoms. The molecule has 0 atom stereocenters. The van der Waals surface area contributed by atoms with E-state index < -0.39 is 5.91 Å². The number of halogens is 1. The van der Waals surface area contributed by atoms with Gasteiger partial charge in [-0.15, -0.1) is 0 Å². The minimum atomic E-state index is -0.570. The van der Waals surface area contributed by atoms with Crippen LogP contribution in [0.5, 0.6) is 0 Å². The van der Waals surface area contributed by atoms with Gasteiger partial charge >= 0.3 is 0 Å². The van der Waals surface area contributed by atoms with Gasteiger partial charge in [-0.2, -0.15) is 0 Å². The molecule has 13 heavy (non-hydrogen) atoms. The Morgan fingerprint density at radius 2 is 2.31 bits per heavy atom. The topological polar surface area (TPSA) is 88.0 Å². The smallest absolute Gasteiger partial charge is 0.268 e. The van der Waals surface area contributed by atoms with E-state index in [1.165, 1.54) is 0 Å². The van der Waals surface area contributed by atoms with Crippen molar-refractivity contribution in [3.63, 3.8) is 0 Å². The molecule has 4 N–H and O–H groups in total. The van der Waals surface area contributed by atoms with E-state index in [1.54, 1.807) is 12.3 Å². The molecule has 5 nitrogen and oxygen atoms in total. The van der Waals surface area contributed by atoms with Crippen molar-refractivity contribution in [1.29, 1.82) is 0 Å². The Morgan fingerprint density at radius 1 is 1.62 bits per heavy atom. The van der Waals surface area contributed by atoms with E-state index in [4.69, 9.17) is 5.73 Å². The summed E-state index contributed by atoms with van der Waals surface area (Å²) in [5.74, 6) is -0.927. The molecule has 1 aromatic heterocycles. The van der Waals surface area contributed by atoms with Crippen LogP contribution in [0.25, 0.3) is 0 Å². The van der Waals surface area contributed by atoms with Gasteiger partial charge in [0.05, 0.1) is 6.54 Å². The van der Waals surface area contributed by atoms with E-state index in [1.807, 2.05) is 0 Å². The minimum Gasteiger partial charge on any atom is -0.368 e. The number of amides is 2. The van der Waals surface area contributed by atoms with Gasteiger partial charge in [0.25, 0.3) is 5.91 Å². The molecule has 0 bridgehead atoms. The first-order valence-electron chi connectivity index (χ1n) is 3.50. The number of aromatic amines is 1. The monoisotopic (exact) mass is 245 g/mol. The number of rotatable bonds is 3. The molecule has 2 amide bonds. The molecule has 0 aromatic carbocycles. The lowest BCUT2D eigenvalue weighted by Crippen LogP contribution is -2.33. The van der Waals surface area contributed by atoms with E-state index in [0.29, 0.717) is 5.69 Å². The van der Waals surface area contributed by atoms with Gasteiger partial charge in [-0.1, -0.05) is 0 Å². The zero-order valence-electron chi connectivity index (χ0n) is 6.63. The number of aromatic nitrogens is 1. The summed E-state index contributed by atoms with van der Waals surface area (Å²) >= 11 is 3.18. The van der Waals surface area contributed by atoms with Crippen LogP contribution in [-0.4, -0.2) is 23.3 Å². The summed E-state index contributed by atoms with van der Waals surface area (Å²) in [6, 6.07) is 1.61. The number of nitrogens with two attached hydrogens (primary N) is 1. The van der Waals surface area contributed by atoms with Crippen molar-refractivity contribution in [2.24, 2.45) is 5.73 Å². The fourth-order valence-corrected chi connectivity index (χ4v) is 1.11. The zero-order valence-corrected chi connectivity index (χ0v) is 8.22. The minimum absolute atomic E-state index is 0.157. The molecule has 0 aliphatic carbocycles. The molecule has 0 radical (unpaired) electrons. The lowest BCUT2D eigenvalue weighted by atomic mass is 10.4. The third-order valence-corrected chi connectivity index (χ3v) is 1.77. The molecule has 0 saturated carbocycles. The molecule has 1 aromatic rings. The van der Waals surface area contributed by atoms with E-state index in [0.717, 1.165) is 4.47 Å². The maximum absolute atomic E-state index is 11.2. The summed E-state index contributed by atoms with van der Waals surface area (Å²) in [6.07, 6.45) is 1.62. The Kier molecular flexibility index (Phi) is 3.07. The molecule has 1 heterocycles. The first kappa shape index (κ1) is 9.79. The van der Waals surface area contributed by atoms with Crippen molar-refractivity contribution in [3.05, 3.63) is 22.4 Å². The highest BCUT2D eigenvalue weighted by atomic mass is 79.9. The van der Waals surface area contributed by atoms with E-state index in [9.17, 15) is 9.59 Å². The molecule has 1 rings (SSSR count). The predicted molar refractivity (Wildman–Crippen MR) is 50.0 cm³/mol. The lowest BCUT2D eigenvalue weighted by molar-refractivity contribution is -0.117.